The molecule has 3 unspecified atom stereocenters. The van der Waals surface area contributed by atoms with Crippen LogP contribution in [-0.2, 0) is 28.6 Å². The van der Waals surface area contributed by atoms with E-state index < -0.39 is 35.2 Å². The number of ether oxygens (including phenoxy) is 3. The Morgan fingerprint density at radius 1 is 0.929 bits per heavy atom. The molecule has 8 heteroatoms. The molecule has 0 amide bonds. The monoisotopic (exact) mass is 402 g/mol. The third kappa shape index (κ3) is 5.23. The lowest BCUT2D eigenvalue weighted by Gasteiger charge is -2.32. The minimum absolute atomic E-state index is 0.221. The molecule has 1 heterocycles. The Morgan fingerprint density at radius 3 is 1.89 bits per heavy atom. The van der Waals surface area contributed by atoms with Crippen LogP contribution in [0.1, 0.15) is 77.6 Å². The minimum atomic E-state index is -2.84. The van der Waals surface area contributed by atoms with E-state index in [2.05, 4.69) is 16.4 Å². The molecule has 0 aromatic heterocycles. The van der Waals surface area contributed by atoms with Crippen molar-refractivity contribution in [3.8, 4) is 0 Å². The Kier molecular flexibility index (Phi) is 9.89. The van der Waals surface area contributed by atoms with Crippen LogP contribution in [0.5, 0.6) is 0 Å². The van der Waals surface area contributed by atoms with Gasteiger partial charge in [0, 0.05) is 0 Å². The fraction of sp³-hybridized carbons (Fsp3) is 0.850. The number of hydrogen-bond donors (Lipinski definition) is 2. The van der Waals surface area contributed by atoms with Crippen molar-refractivity contribution in [2.75, 3.05) is 14.2 Å². The van der Waals surface area contributed by atoms with E-state index in [1.807, 2.05) is 0 Å². The first-order valence-corrected chi connectivity index (χ1v) is 10.1. The van der Waals surface area contributed by atoms with Crippen LogP contribution in [0.4, 0.5) is 0 Å². The lowest BCUT2D eigenvalue weighted by atomic mass is 9.77. The number of rotatable bonds is 13. The van der Waals surface area contributed by atoms with Crippen LogP contribution < -0.4 is 0 Å². The second-order valence-corrected chi connectivity index (χ2v) is 7.36. The van der Waals surface area contributed by atoms with Crippen molar-refractivity contribution in [3.05, 3.63) is 0 Å². The number of aliphatic hydroxyl groups is 2. The molecule has 0 spiro atoms. The zero-order chi connectivity index (χ0) is 21.2. The van der Waals surface area contributed by atoms with Gasteiger partial charge in [-0.2, -0.15) is 0 Å². The second-order valence-electron chi connectivity index (χ2n) is 7.36. The van der Waals surface area contributed by atoms with Crippen LogP contribution in [0.2, 0.25) is 0 Å². The van der Waals surface area contributed by atoms with Gasteiger partial charge in [0.2, 0.25) is 17.3 Å². The zero-order valence-corrected chi connectivity index (χ0v) is 17.2. The van der Waals surface area contributed by atoms with E-state index in [1.54, 1.807) is 0 Å². The van der Waals surface area contributed by atoms with Gasteiger partial charge in [-0.25, -0.2) is 14.4 Å². The number of carbonyl (C=O) groups excluding carboxylic acids is 3. The number of methoxy groups -OCH3 is 2. The average Bonchev–Trinajstić information content (AvgIpc) is 2.90. The van der Waals surface area contributed by atoms with E-state index in [4.69, 9.17) is 4.74 Å². The first-order valence-electron chi connectivity index (χ1n) is 10.1. The van der Waals surface area contributed by atoms with Gasteiger partial charge in [0.1, 0.15) is 0 Å². The molecule has 1 rings (SSSR count). The summed E-state index contributed by atoms with van der Waals surface area (Å²) in [7, 11) is 2.01. The van der Waals surface area contributed by atoms with E-state index in [1.165, 1.54) is 32.1 Å². The summed E-state index contributed by atoms with van der Waals surface area (Å²) in [5.74, 6) is -3.68. The highest BCUT2D eigenvalue weighted by Gasteiger charge is 2.74. The largest absolute Gasteiger partial charge is 0.467 e. The SMILES string of the molecule is CCCCCCCCCCCCC1(O)C(=O)OC(C(=O)OC)C1(O)C(=O)OC. The Bertz CT molecular complexity index is 534. The highest BCUT2D eigenvalue weighted by atomic mass is 16.6. The smallest absolute Gasteiger partial charge is 0.351 e. The molecule has 2 N–H and O–H groups in total. The van der Waals surface area contributed by atoms with Crippen LogP contribution in [0.25, 0.3) is 0 Å². The predicted octanol–water partition coefficient (Wildman–Crippen LogP) is 2.03. The summed E-state index contributed by atoms with van der Waals surface area (Å²) in [6.45, 7) is 2.18. The number of carbonyl (C=O) groups is 3. The molecule has 1 fully saturated rings. The normalized spacial score (nSPS) is 26.8. The average molecular weight is 402 g/mol. The predicted molar refractivity (Wildman–Crippen MR) is 100 cm³/mol. The molecule has 0 bridgehead atoms. The van der Waals surface area contributed by atoms with E-state index in [0.717, 1.165) is 33.5 Å². The van der Waals surface area contributed by atoms with Crippen molar-refractivity contribution in [1.82, 2.24) is 0 Å². The first kappa shape index (κ1) is 24.4. The van der Waals surface area contributed by atoms with Gasteiger partial charge in [-0.05, 0) is 12.8 Å². The topological polar surface area (TPSA) is 119 Å². The summed E-state index contributed by atoms with van der Waals surface area (Å²) < 4.78 is 13.8. The lowest BCUT2D eigenvalue weighted by Crippen LogP contribution is -2.65. The zero-order valence-electron chi connectivity index (χ0n) is 17.2. The van der Waals surface area contributed by atoms with E-state index in [0.29, 0.717) is 12.8 Å². The number of cyclic esters (lactones) is 1. The third-order valence-electron chi connectivity index (χ3n) is 5.38. The van der Waals surface area contributed by atoms with Crippen molar-refractivity contribution >= 4 is 17.9 Å². The van der Waals surface area contributed by atoms with Gasteiger partial charge in [0.15, 0.2) is 0 Å². The molecule has 0 radical (unpaired) electrons. The molecule has 0 aromatic carbocycles. The maximum atomic E-state index is 12.2. The number of unbranched alkanes of at least 4 members (excludes halogenated alkanes) is 9. The second kappa shape index (κ2) is 11.4. The van der Waals surface area contributed by atoms with Gasteiger partial charge in [0.05, 0.1) is 14.2 Å². The molecule has 0 aromatic rings. The van der Waals surface area contributed by atoms with Gasteiger partial charge in [-0.1, -0.05) is 64.7 Å². The maximum Gasteiger partial charge on any atom is 0.351 e. The molecule has 0 aliphatic carbocycles. The van der Waals surface area contributed by atoms with Crippen molar-refractivity contribution in [1.29, 1.82) is 0 Å². The molecule has 8 nitrogen and oxygen atoms in total. The molecule has 0 saturated carbocycles. The van der Waals surface area contributed by atoms with Gasteiger partial charge >= 0.3 is 17.9 Å². The summed E-state index contributed by atoms with van der Waals surface area (Å²) in [5, 5.41) is 21.6. The minimum Gasteiger partial charge on any atom is -0.467 e. The van der Waals surface area contributed by atoms with Gasteiger partial charge in [-0.3, -0.25) is 0 Å². The molecule has 162 valence electrons. The van der Waals surface area contributed by atoms with Crippen LogP contribution in [0, 0.1) is 0 Å². The van der Waals surface area contributed by atoms with Crippen molar-refractivity contribution in [3.63, 3.8) is 0 Å². The van der Waals surface area contributed by atoms with Crippen molar-refractivity contribution in [2.45, 2.75) is 94.9 Å². The maximum absolute atomic E-state index is 12.2. The van der Waals surface area contributed by atoms with Gasteiger partial charge in [-0.15, -0.1) is 0 Å². The standard InChI is InChI=1S/C20H34O8/c1-4-5-6-7-8-9-10-11-12-13-14-19(24)17(22)28-15(16(21)26-2)20(19,25)18(23)27-3/h15,24-25H,4-14H2,1-3H3. The summed E-state index contributed by atoms with van der Waals surface area (Å²) in [6, 6.07) is 0. The number of hydrogen-bond acceptors (Lipinski definition) is 8. The fourth-order valence-corrected chi connectivity index (χ4v) is 3.58. The molecular weight excluding hydrogens is 368 g/mol. The summed E-state index contributed by atoms with van der Waals surface area (Å²) in [4.78, 5) is 36.2. The Morgan fingerprint density at radius 2 is 1.43 bits per heavy atom. The third-order valence-corrected chi connectivity index (χ3v) is 5.38. The molecule has 1 saturated heterocycles. The Hall–Kier alpha value is -1.67. The van der Waals surface area contributed by atoms with Gasteiger partial charge < -0.3 is 24.4 Å². The van der Waals surface area contributed by atoms with Crippen LogP contribution in [-0.4, -0.2) is 59.6 Å². The van der Waals surface area contributed by atoms with Crippen LogP contribution in [0.3, 0.4) is 0 Å². The first-order chi connectivity index (χ1) is 13.3. The van der Waals surface area contributed by atoms with E-state index in [9.17, 15) is 24.6 Å². The molecular formula is C20H34O8. The van der Waals surface area contributed by atoms with Crippen LogP contribution in [0.15, 0.2) is 0 Å². The lowest BCUT2D eigenvalue weighted by molar-refractivity contribution is -0.199. The van der Waals surface area contributed by atoms with Crippen molar-refractivity contribution < 1.29 is 38.8 Å². The fourth-order valence-electron chi connectivity index (χ4n) is 3.58. The Balaban J connectivity index is 2.58. The Labute approximate surface area is 166 Å². The van der Waals surface area contributed by atoms with Crippen LogP contribution >= 0.6 is 0 Å². The van der Waals surface area contributed by atoms with E-state index in [-0.39, 0.29) is 6.42 Å². The number of esters is 3. The van der Waals surface area contributed by atoms with E-state index >= 15 is 0 Å². The van der Waals surface area contributed by atoms with Crippen molar-refractivity contribution in [2.24, 2.45) is 0 Å². The molecule has 1 aliphatic heterocycles. The summed E-state index contributed by atoms with van der Waals surface area (Å²) >= 11 is 0. The van der Waals surface area contributed by atoms with Gasteiger partial charge in [0.25, 0.3) is 0 Å². The summed E-state index contributed by atoms with van der Waals surface area (Å²) in [5.41, 5.74) is -5.40. The molecule has 3 atom stereocenters. The molecule has 28 heavy (non-hydrogen) atoms. The highest BCUT2D eigenvalue weighted by Crippen LogP contribution is 2.41. The highest BCUT2D eigenvalue weighted by molar-refractivity contribution is 6.02. The quantitative estimate of drug-likeness (QED) is 0.273. The summed E-state index contributed by atoms with van der Waals surface area (Å²) in [6.07, 6.45) is 8.18. The molecule has 1 aliphatic rings.